The summed E-state index contributed by atoms with van der Waals surface area (Å²) in [7, 11) is 0. The lowest BCUT2D eigenvalue weighted by molar-refractivity contribution is -0.125. The van der Waals surface area contributed by atoms with Gasteiger partial charge in [-0.25, -0.2) is 4.98 Å². The van der Waals surface area contributed by atoms with Gasteiger partial charge in [-0.3, -0.25) is 14.6 Å². The number of aromatic nitrogens is 2. The number of carbonyl (C=O) groups is 2. The second-order valence-electron chi connectivity index (χ2n) is 4.46. The van der Waals surface area contributed by atoms with Crippen LogP contribution in [0.3, 0.4) is 0 Å². The van der Waals surface area contributed by atoms with Gasteiger partial charge in [0.1, 0.15) is 5.01 Å². The number of hydrogen-bond donors (Lipinski definition) is 2. The number of thiazole rings is 1. The van der Waals surface area contributed by atoms with Gasteiger partial charge in [-0.2, -0.15) is 0 Å². The van der Waals surface area contributed by atoms with E-state index < -0.39 is 0 Å². The first-order chi connectivity index (χ1) is 10.1. The Balaban J connectivity index is 1.97. The lowest BCUT2D eigenvalue weighted by Crippen LogP contribution is -2.35. The number of carbonyl (C=O) groups excluding carboxylic acids is 2. The van der Waals surface area contributed by atoms with E-state index in [4.69, 9.17) is 0 Å². The summed E-state index contributed by atoms with van der Waals surface area (Å²) < 4.78 is 0. The Bertz CT molecular complexity index is 640. The maximum Gasteiger partial charge on any atom is 0.239 e. The van der Waals surface area contributed by atoms with Crippen LogP contribution in [0.15, 0.2) is 24.5 Å². The molecule has 6 nitrogen and oxygen atoms in total. The minimum atomic E-state index is -0.224. The van der Waals surface area contributed by atoms with E-state index in [9.17, 15) is 9.59 Å². The van der Waals surface area contributed by atoms with Gasteiger partial charge in [0.15, 0.2) is 0 Å². The third kappa shape index (κ3) is 4.35. The predicted molar refractivity (Wildman–Crippen MR) is 80.6 cm³/mol. The van der Waals surface area contributed by atoms with Crippen LogP contribution in [0.1, 0.15) is 17.5 Å². The number of nitrogens with one attached hydrogen (secondary N) is 2. The topological polar surface area (TPSA) is 84.0 Å². The maximum absolute atomic E-state index is 11.6. The molecule has 2 rings (SSSR count). The largest absolute Gasteiger partial charge is 0.350 e. The molecule has 2 heterocycles. The average Bonchev–Trinajstić information content (AvgIpc) is 2.85. The molecular formula is C14H16N4O2S. The van der Waals surface area contributed by atoms with Crippen molar-refractivity contribution in [3.63, 3.8) is 0 Å². The van der Waals surface area contributed by atoms with E-state index in [1.807, 2.05) is 19.1 Å². The Kier molecular flexibility index (Phi) is 4.99. The Morgan fingerprint density at radius 3 is 2.81 bits per heavy atom. The number of hydrogen-bond acceptors (Lipinski definition) is 5. The average molecular weight is 304 g/mol. The monoisotopic (exact) mass is 304 g/mol. The van der Waals surface area contributed by atoms with Gasteiger partial charge in [0.05, 0.1) is 18.8 Å². The quantitative estimate of drug-likeness (QED) is 0.871. The smallest absolute Gasteiger partial charge is 0.239 e. The molecule has 0 aliphatic rings. The van der Waals surface area contributed by atoms with Crippen molar-refractivity contribution in [2.24, 2.45) is 0 Å². The molecular weight excluding hydrogens is 288 g/mol. The second kappa shape index (κ2) is 6.94. The van der Waals surface area contributed by atoms with E-state index in [-0.39, 0.29) is 18.4 Å². The van der Waals surface area contributed by atoms with Crippen molar-refractivity contribution in [1.82, 2.24) is 20.6 Å². The Labute approximate surface area is 126 Å². The lowest BCUT2D eigenvalue weighted by atomic mass is 10.3. The van der Waals surface area contributed by atoms with Gasteiger partial charge in [-0.05, 0) is 19.1 Å². The summed E-state index contributed by atoms with van der Waals surface area (Å²) in [6.45, 7) is 3.68. The molecule has 110 valence electrons. The highest BCUT2D eigenvalue weighted by molar-refractivity contribution is 7.15. The molecule has 0 radical (unpaired) electrons. The van der Waals surface area contributed by atoms with Crippen LogP contribution in [0.2, 0.25) is 0 Å². The molecule has 0 saturated heterocycles. The van der Waals surface area contributed by atoms with Gasteiger partial charge in [0, 0.05) is 29.8 Å². The van der Waals surface area contributed by atoms with Crippen LogP contribution < -0.4 is 10.6 Å². The van der Waals surface area contributed by atoms with E-state index in [1.54, 1.807) is 12.4 Å². The first kappa shape index (κ1) is 15.1. The van der Waals surface area contributed by atoms with Gasteiger partial charge in [-0.1, -0.05) is 0 Å². The first-order valence-electron chi connectivity index (χ1n) is 6.44. The number of rotatable bonds is 5. The first-order valence-corrected chi connectivity index (χ1v) is 7.25. The highest BCUT2D eigenvalue weighted by atomic mass is 32.1. The molecule has 7 heteroatoms. The van der Waals surface area contributed by atoms with Crippen LogP contribution >= 0.6 is 11.3 Å². The van der Waals surface area contributed by atoms with Gasteiger partial charge in [0.2, 0.25) is 11.8 Å². The molecule has 0 unspecified atom stereocenters. The molecule has 2 amide bonds. The summed E-state index contributed by atoms with van der Waals surface area (Å²) in [6, 6.07) is 3.81. The third-order valence-corrected chi connectivity index (χ3v) is 3.95. The SMILES string of the molecule is CC(=O)NCC(=O)NCc1sc(-c2cccnc2)nc1C. The summed E-state index contributed by atoms with van der Waals surface area (Å²) in [5, 5.41) is 6.10. The summed E-state index contributed by atoms with van der Waals surface area (Å²) in [5.74, 6) is -0.445. The molecule has 0 aromatic carbocycles. The Hall–Kier alpha value is -2.28. The minimum absolute atomic E-state index is 0.0113. The van der Waals surface area contributed by atoms with Crippen LogP contribution in [-0.2, 0) is 16.1 Å². The van der Waals surface area contributed by atoms with E-state index in [2.05, 4.69) is 20.6 Å². The molecule has 2 aromatic rings. The standard InChI is InChI=1S/C14H16N4O2S/c1-9-12(7-17-13(20)8-16-10(2)19)21-14(18-9)11-4-3-5-15-6-11/h3-6H,7-8H2,1-2H3,(H,16,19)(H,17,20). The van der Waals surface area contributed by atoms with Crippen LogP contribution in [0.5, 0.6) is 0 Å². The highest BCUT2D eigenvalue weighted by Crippen LogP contribution is 2.26. The van der Waals surface area contributed by atoms with Gasteiger partial charge >= 0.3 is 0 Å². The fourth-order valence-corrected chi connectivity index (χ4v) is 2.64. The lowest BCUT2D eigenvalue weighted by Gasteiger charge is -2.04. The molecule has 0 fully saturated rings. The number of nitrogens with zero attached hydrogens (tertiary/aromatic N) is 2. The zero-order chi connectivity index (χ0) is 15.2. The molecule has 0 spiro atoms. The molecule has 2 N–H and O–H groups in total. The molecule has 0 aliphatic heterocycles. The highest BCUT2D eigenvalue weighted by Gasteiger charge is 2.10. The molecule has 2 aromatic heterocycles. The Morgan fingerprint density at radius 2 is 2.14 bits per heavy atom. The maximum atomic E-state index is 11.6. The summed E-state index contributed by atoms with van der Waals surface area (Å²) in [4.78, 5) is 31.8. The van der Waals surface area contributed by atoms with Crippen molar-refractivity contribution in [2.75, 3.05) is 6.54 Å². The summed E-state index contributed by atoms with van der Waals surface area (Å²) in [6.07, 6.45) is 3.48. The van der Waals surface area contributed by atoms with Crippen LogP contribution in [0.4, 0.5) is 0 Å². The van der Waals surface area contributed by atoms with Crippen molar-refractivity contribution in [3.8, 4) is 10.6 Å². The van der Waals surface area contributed by atoms with Gasteiger partial charge in [-0.15, -0.1) is 11.3 Å². The van der Waals surface area contributed by atoms with E-state index in [0.717, 1.165) is 21.1 Å². The van der Waals surface area contributed by atoms with Crippen LogP contribution in [-0.4, -0.2) is 28.3 Å². The van der Waals surface area contributed by atoms with Crippen molar-refractivity contribution >= 4 is 23.2 Å². The third-order valence-electron chi connectivity index (χ3n) is 2.75. The molecule has 21 heavy (non-hydrogen) atoms. The number of pyridine rings is 1. The zero-order valence-corrected chi connectivity index (χ0v) is 12.7. The van der Waals surface area contributed by atoms with Crippen LogP contribution in [0, 0.1) is 6.92 Å². The molecule has 0 saturated carbocycles. The van der Waals surface area contributed by atoms with E-state index in [0.29, 0.717) is 6.54 Å². The summed E-state index contributed by atoms with van der Waals surface area (Å²) >= 11 is 1.53. The zero-order valence-electron chi connectivity index (χ0n) is 11.8. The van der Waals surface area contributed by atoms with Crippen molar-refractivity contribution < 1.29 is 9.59 Å². The molecule has 0 atom stereocenters. The van der Waals surface area contributed by atoms with E-state index >= 15 is 0 Å². The van der Waals surface area contributed by atoms with Crippen molar-refractivity contribution in [3.05, 3.63) is 35.1 Å². The van der Waals surface area contributed by atoms with Crippen molar-refractivity contribution in [1.29, 1.82) is 0 Å². The van der Waals surface area contributed by atoms with Crippen molar-refractivity contribution in [2.45, 2.75) is 20.4 Å². The minimum Gasteiger partial charge on any atom is -0.350 e. The predicted octanol–water partition coefficient (Wildman–Crippen LogP) is 1.27. The summed E-state index contributed by atoms with van der Waals surface area (Å²) in [5.41, 5.74) is 1.85. The normalized spacial score (nSPS) is 10.2. The second-order valence-corrected chi connectivity index (χ2v) is 5.54. The number of aryl methyl sites for hydroxylation is 1. The van der Waals surface area contributed by atoms with Gasteiger partial charge in [0.25, 0.3) is 0 Å². The number of amides is 2. The fraction of sp³-hybridized carbons (Fsp3) is 0.286. The van der Waals surface area contributed by atoms with Crippen LogP contribution in [0.25, 0.3) is 10.6 Å². The molecule has 0 aliphatic carbocycles. The van der Waals surface area contributed by atoms with Gasteiger partial charge < -0.3 is 10.6 Å². The fourth-order valence-electron chi connectivity index (χ4n) is 1.65. The Morgan fingerprint density at radius 1 is 1.33 bits per heavy atom. The molecule has 0 bridgehead atoms. The van der Waals surface area contributed by atoms with E-state index in [1.165, 1.54) is 18.3 Å².